The topological polar surface area (TPSA) is 12.9 Å². The van der Waals surface area contributed by atoms with Gasteiger partial charge in [-0.1, -0.05) is 12.1 Å². The van der Waals surface area contributed by atoms with E-state index in [2.05, 4.69) is 4.98 Å². The van der Waals surface area contributed by atoms with Gasteiger partial charge in [0.05, 0.1) is 0 Å². The molecule has 0 saturated heterocycles. The number of hydrogen-bond donors (Lipinski definition) is 0. The first-order valence-electron chi connectivity index (χ1n) is 4.25. The fourth-order valence-electron chi connectivity index (χ4n) is 1.26. The molecule has 4 heteroatoms. The summed E-state index contributed by atoms with van der Waals surface area (Å²) in [5.74, 6) is -2.19. The van der Waals surface area contributed by atoms with Gasteiger partial charge in [0.15, 0.2) is 0 Å². The van der Waals surface area contributed by atoms with Crippen molar-refractivity contribution in [3.63, 3.8) is 0 Å². The largest absolute Gasteiger partial charge is 0.223 e. The van der Waals surface area contributed by atoms with E-state index in [1.54, 1.807) is 0 Å². The van der Waals surface area contributed by atoms with E-state index in [9.17, 15) is 13.2 Å². The van der Waals surface area contributed by atoms with Gasteiger partial charge < -0.3 is 0 Å². The minimum atomic E-state index is -0.901. The summed E-state index contributed by atoms with van der Waals surface area (Å²) in [6.45, 7) is 0. The van der Waals surface area contributed by atoms with Crippen molar-refractivity contribution in [3.05, 3.63) is 54.1 Å². The van der Waals surface area contributed by atoms with Gasteiger partial charge in [0.1, 0.15) is 5.82 Å². The zero-order valence-corrected chi connectivity index (χ0v) is 7.55. The maximum atomic E-state index is 13.2. The highest BCUT2D eigenvalue weighted by atomic mass is 19.1. The van der Waals surface area contributed by atoms with E-state index in [0.29, 0.717) is 5.56 Å². The van der Waals surface area contributed by atoms with Crippen LogP contribution in [-0.2, 0) is 0 Å². The number of nitrogens with zero attached hydrogens (tertiary/aromatic N) is 1. The summed E-state index contributed by atoms with van der Waals surface area (Å²) in [5, 5.41) is 0. The van der Waals surface area contributed by atoms with Gasteiger partial charge in [-0.25, -0.2) is 4.39 Å². The molecule has 0 N–H and O–H groups in total. The minimum Gasteiger partial charge on any atom is -0.207 e. The van der Waals surface area contributed by atoms with Crippen LogP contribution in [0.5, 0.6) is 0 Å². The number of hydrogen-bond acceptors (Lipinski definition) is 1. The van der Waals surface area contributed by atoms with Crippen LogP contribution < -0.4 is 0 Å². The van der Waals surface area contributed by atoms with Crippen LogP contribution in [-0.4, -0.2) is 4.98 Å². The van der Waals surface area contributed by atoms with Gasteiger partial charge in [-0.3, -0.25) is 0 Å². The van der Waals surface area contributed by atoms with E-state index in [0.717, 1.165) is 6.07 Å². The summed E-state index contributed by atoms with van der Waals surface area (Å²) in [6, 6.07) is 7.56. The molecule has 0 aliphatic carbocycles. The van der Waals surface area contributed by atoms with Crippen molar-refractivity contribution in [2.75, 3.05) is 0 Å². The Labute approximate surface area is 84.2 Å². The van der Waals surface area contributed by atoms with E-state index in [1.807, 2.05) is 0 Å². The first kappa shape index (κ1) is 9.71. The number of pyridine rings is 1. The zero-order chi connectivity index (χ0) is 10.8. The average molecular weight is 209 g/mol. The van der Waals surface area contributed by atoms with Gasteiger partial charge in [0, 0.05) is 5.56 Å². The molecule has 0 saturated carbocycles. The molecule has 2 aromatic rings. The standard InChI is InChI=1S/C11H6F3N/c12-8-3-1-7(2-4-8)9-5-6-10(13)15-11(9)14/h1-6H. The summed E-state index contributed by atoms with van der Waals surface area (Å²) in [7, 11) is 0. The maximum Gasteiger partial charge on any atom is 0.223 e. The van der Waals surface area contributed by atoms with Crippen LogP contribution in [0.1, 0.15) is 0 Å². The minimum absolute atomic E-state index is 0.149. The predicted molar refractivity (Wildman–Crippen MR) is 49.5 cm³/mol. The third kappa shape index (κ3) is 1.98. The normalized spacial score (nSPS) is 10.3. The third-order valence-corrected chi connectivity index (χ3v) is 1.97. The summed E-state index contributed by atoms with van der Waals surface area (Å²) in [5.41, 5.74) is 0.609. The van der Waals surface area contributed by atoms with Crippen LogP contribution in [0.3, 0.4) is 0 Å². The highest BCUT2D eigenvalue weighted by molar-refractivity contribution is 5.62. The molecular weight excluding hydrogens is 203 g/mol. The Morgan fingerprint density at radius 3 is 2.07 bits per heavy atom. The molecule has 0 fully saturated rings. The Balaban J connectivity index is 2.49. The van der Waals surface area contributed by atoms with E-state index in [4.69, 9.17) is 0 Å². The lowest BCUT2D eigenvalue weighted by Crippen LogP contribution is -1.92. The lowest BCUT2D eigenvalue weighted by Gasteiger charge is -2.02. The lowest BCUT2D eigenvalue weighted by molar-refractivity contribution is 0.515. The van der Waals surface area contributed by atoms with Crippen molar-refractivity contribution in [2.24, 2.45) is 0 Å². The Kier molecular flexibility index (Phi) is 2.41. The monoisotopic (exact) mass is 209 g/mol. The summed E-state index contributed by atoms with van der Waals surface area (Å²) in [6.07, 6.45) is 0. The van der Waals surface area contributed by atoms with Crippen LogP contribution in [0.4, 0.5) is 13.2 Å². The smallest absolute Gasteiger partial charge is 0.207 e. The molecule has 0 unspecified atom stereocenters. The second-order valence-corrected chi connectivity index (χ2v) is 2.98. The van der Waals surface area contributed by atoms with Crippen LogP contribution in [0.25, 0.3) is 11.1 Å². The van der Waals surface area contributed by atoms with Crippen LogP contribution >= 0.6 is 0 Å². The second kappa shape index (κ2) is 3.73. The highest BCUT2D eigenvalue weighted by Crippen LogP contribution is 2.21. The fourth-order valence-corrected chi connectivity index (χ4v) is 1.26. The first-order chi connectivity index (χ1) is 7.16. The van der Waals surface area contributed by atoms with Gasteiger partial charge in [0.25, 0.3) is 0 Å². The van der Waals surface area contributed by atoms with Crippen molar-refractivity contribution in [2.45, 2.75) is 0 Å². The summed E-state index contributed by atoms with van der Waals surface area (Å²) >= 11 is 0. The van der Waals surface area contributed by atoms with E-state index in [1.165, 1.54) is 30.3 Å². The van der Waals surface area contributed by atoms with Gasteiger partial charge in [-0.15, -0.1) is 0 Å². The van der Waals surface area contributed by atoms with Crippen LogP contribution in [0.2, 0.25) is 0 Å². The molecule has 0 radical (unpaired) electrons. The molecule has 1 aromatic carbocycles. The zero-order valence-electron chi connectivity index (χ0n) is 7.55. The quantitative estimate of drug-likeness (QED) is 0.657. The van der Waals surface area contributed by atoms with Gasteiger partial charge >= 0.3 is 0 Å². The Hall–Kier alpha value is -1.84. The van der Waals surface area contributed by atoms with Crippen molar-refractivity contribution < 1.29 is 13.2 Å². The maximum absolute atomic E-state index is 13.2. The first-order valence-corrected chi connectivity index (χ1v) is 4.25. The lowest BCUT2D eigenvalue weighted by atomic mass is 10.1. The fraction of sp³-hybridized carbons (Fsp3) is 0. The molecule has 1 heterocycles. The molecule has 0 spiro atoms. The van der Waals surface area contributed by atoms with Crippen molar-refractivity contribution in [3.8, 4) is 11.1 Å². The van der Waals surface area contributed by atoms with Crippen molar-refractivity contribution >= 4 is 0 Å². The van der Waals surface area contributed by atoms with Gasteiger partial charge in [0.2, 0.25) is 11.9 Å². The van der Waals surface area contributed by atoms with Gasteiger partial charge in [-0.2, -0.15) is 13.8 Å². The van der Waals surface area contributed by atoms with E-state index in [-0.39, 0.29) is 5.56 Å². The molecule has 0 atom stereocenters. The molecule has 0 aliphatic heterocycles. The number of benzene rings is 1. The number of aromatic nitrogens is 1. The van der Waals surface area contributed by atoms with Crippen molar-refractivity contribution in [1.29, 1.82) is 0 Å². The van der Waals surface area contributed by atoms with E-state index < -0.39 is 17.7 Å². The highest BCUT2D eigenvalue weighted by Gasteiger charge is 2.07. The van der Waals surface area contributed by atoms with E-state index >= 15 is 0 Å². The average Bonchev–Trinajstić information content (AvgIpc) is 2.20. The molecule has 76 valence electrons. The molecular formula is C11H6F3N. The van der Waals surface area contributed by atoms with Crippen molar-refractivity contribution in [1.82, 2.24) is 4.98 Å². The Morgan fingerprint density at radius 1 is 0.800 bits per heavy atom. The molecule has 1 nitrogen and oxygen atoms in total. The van der Waals surface area contributed by atoms with Gasteiger partial charge in [-0.05, 0) is 29.8 Å². The Morgan fingerprint density at radius 2 is 1.47 bits per heavy atom. The molecule has 1 aromatic heterocycles. The predicted octanol–water partition coefficient (Wildman–Crippen LogP) is 3.17. The molecule has 0 amide bonds. The second-order valence-electron chi connectivity index (χ2n) is 2.98. The third-order valence-electron chi connectivity index (χ3n) is 1.97. The summed E-state index contributed by atoms with van der Waals surface area (Å²) < 4.78 is 38.3. The number of rotatable bonds is 1. The molecule has 0 aliphatic rings. The molecule has 2 rings (SSSR count). The van der Waals surface area contributed by atoms with Crippen LogP contribution in [0.15, 0.2) is 36.4 Å². The SMILES string of the molecule is Fc1ccc(-c2ccc(F)nc2F)cc1. The Bertz CT molecular complexity index is 480. The number of halogens is 3. The summed E-state index contributed by atoms with van der Waals surface area (Å²) in [4.78, 5) is 3.05. The molecule has 0 bridgehead atoms. The molecule has 15 heavy (non-hydrogen) atoms. The van der Waals surface area contributed by atoms with Crippen LogP contribution in [0, 0.1) is 17.7 Å².